The summed E-state index contributed by atoms with van der Waals surface area (Å²) < 4.78 is 5.37. The third-order valence-corrected chi connectivity index (χ3v) is 3.45. The summed E-state index contributed by atoms with van der Waals surface area (Å²) in [6.07, 6.45) is 6.17. The Bertz CT molecular complexity index is 231. The molecule has 2 rings (SSSR count). The second-order valence-corrected chi connectivity index (χ2v) is 5.07. The number of ether oxygens (including phenoxy) is 1. The highest BCUT2D eigenvalue weighted by molar-refractivity contribution is 5.71. The first-order chi connectivity index (χ1) is 6.59. The topological polar surface area (TPSA) is 38.3 Å². The molecule has 1 heterocycles. The molecule has 1 aliphatic carbocycles. The van der Waals surface area contributed by atoms with Gasteiger partial charge in [-0.3, -0.25) is 0 Å². The molecule has 0 bridgehead atoms. The first kappa shape index (κ1) is 9.81. The zero-order chi connectivity index (χ0) is 10.2. The largest absolute Gasteiger partial charge is 0.443 e. The van der Waals surface area contributed by atoms with Gasteiger partial charge in [-0.25, -0.2) is 4.79 Å². The zero-order valence-electron chi connectivity index (χ0n) is 9.01. The lowest BCUT2D eigenvalue weighted by atomic mass is 9.79. The van der Waals surface area contributed by atoms with Crippen molar-refractivity contribution in [3.05, 3.63) is 0 Å². The molecule has 1 amide bonds. The van der Waals surface area contributed by atoms with Crippen LogP contribution in [0.1, 0.15) is 46.0 Å². The molecule has 1 atom stereocenters. The van der Waals surface area contributed by atoms with Crippen LogP contribution in [0.2, 0.25) is 0 Å². The van der Waals surface area contributed by atoms with Crippen molar-refractivity contribution < 1.29 is 9.53 Å². The second kappa shape index (κ2) is 3.44. The maximum Gasteiger partial charge on any atom is 0.408 e. The van der Waals surface area contributed by atoms with Crippen LogP contribution in [0.25, 0.3) is 0 Å². The molecule has 2 fully saturated rings. The molecule has 1 saturated carbocycles. The van der Waals surface area contributed by atoms with Crippen LogP contribution in [-0.2, 0) is 4.74 Å². The number of carbonyl (C=O) groups is 1. The number of hydrogen-bond donors (Lipinski definition) is 1. The van der Waals surface area contributed by atoms with Crippen LogP contribution in [0.5, 0.6) is 0 Å². The molecule has 14 heavy (non-hydrogen) atoms. The summed E-state index contributed by atoms with van der Waals surface area (Å²) in [6.45, 7) is 4.11. The molecule has 0 radical (unpaired) electrons. The number of amides is 1. The van der Waals surface area contributed by atoms with Crippen molar-refractivity contribution in [1.82, 2.24) is 5.32 Å². The van der Waals surface area contributed by atoms with Gasteiger partial charge >= 0.3 is 6.09 Å². The van der Waals surface area contributed by atoms with E-state index in [9.17, 15) is 4.79 Å². The van der Waals surface area contributed by atoms with Gasteiger partial charge in [0.25, 0.3) is 0 Å². The number of hydrogen-bond acceptors (Lipinski definition) is 2. The quantitative estimate of drug-likeness (QED) is 0.701. The number of rotatable bonds is 1. The lowest BCUT2D eigenvalue weighted by molar-refractivity contribution is 0.0546. The number of cyclic esters (lactones) is 1. The molecule has 3 nitrogen and oxygen atoms in total. The Morgan fingerprint density at radius 2 is 1.93 bits per heavy atom. The predicted molar refractivity (Wildman–Crippen MR) is 54.1 cm³/mol. The maximum atomic E-state index is 11.2. The van der Waals surface area contributed by atoms with Gasteiger partial charge in [0.2, 0.25) is 0 Å². The number of nitrogens with one attached hydrogen (secondary N) is 1. The highest BCUT2D eigenvalue weighted by atomic mass is 16.6. The fourth-order valence-electron chi connectivity index (χ4n) is 2.75. The van der Waals surface area contributed by atoms with Crippen molar-refractivity contribution in [2.45, 2.75) is 57.6 Å². The van der Waals surface area contributed by atoms with E-state index < -0.39 is 0 Å². The van der Waals surface area contributed by atoms with E-state index in [1.807, 2.05) is 0 Å². The summed E-state index contributed by atoms with van der Waals surface area (Å²) in [4.78, 5) is 11.2. The summed E-state index contributed by atoms with van der Waals surface area (Å²) in [7, 11) is 0. The maximum absolute atomic E-state index is 11.2. The van der Waals surface area contributed by atoms with Crippen LogP contribution in [0.3, 0.4) is 0 Å². The summed E-state index contributed by atoms with van der Waals surface area (Å²) in [5, 5.41) is 2.88. The molecule has 1 N–H and O–H groups in total. The van der Waals surface area contributed by atoms with Crippen molar-refractivity contribution in [3.8, 4) is 0 Å². The van der Waals surface area contributed by atoms with Crippen LogP contribution in [0, 0.1) is 5.92 Å². The molecule has 0 aromatic heterocycles. The molecule has 0 aromatic carbocycles. The van der Waals surface area contributed by atoms with Crippen molar-refractivity contribution >= 4 is 6.09 Å². The first-order valence-electron chi connectivity index (χ1n) is 5.58. The van der Waals surface area contributed by atoms with E-state index in [2.05, 4.69) is 19.2 Å². The van der Waals surface area contributed by atoms with Crippen molar-refractivity contribution in [3.63, 3.8) is 0 Å². The van der Waals surface area contributed by atoms with Crippen LogP contribution in [0.4, 0.5) is 4.79 Å². The van der Waals surface area contributed by atoms with E-state index in [-0.39, 0.29) is 17.7 Å². The van der Waals surface area contributed by atoms with Gasteiger partial charge in [-0.05, 0) is 32.6 Å². The highest BCUT2D eigenvalue weighted by Crippen LogP contribution is 2.35. The van der Waals surface area contributed by atoms with Crippen LogP contribution < -0.4 is 5.32 Å². The van der Waals surface area contributed by atoms with E-state index in [1.54, 1.807) is 0 Å². The molecule has 0 aromatic rings. The van der Waals surface area contributed by atoms with Gasteiger partial charge in [0.05, 0.1) is 5.54 Å². The Hall–Kier alpha value is -0.730. The van der Waals surface area contributed by atoms with E-state index in [1.165, 1.54) is 32.1 Å². The first-order valence-corrected chi connectivity index (χ1v) is 5.58. The molecular formula is C11H19NO2. The number of carbonyl (C=O) groups excluding carboxylic acids is 1. The van der Waals surface area contributed by atoms with Crippen LogP contribution in [0.15, 0.2) is 0 Å². The SMILES string of the molecule is CC1(C)NC(=O)O[C@@H]1C1CCCCC1. The van der Waals surface area contributed by atoms with E-state index in [4.69, 9.17) is 4.74 Å². The van der Waals surface area contributed by atoms with Gasteiger partial charge in [0.15, 0.2) is 0 Å². The minimum absolute atomic E-state index is 0.0790. The summed E-state index contributed by atoms with van der Waals surface area (Å²) >= 11 is 0. The number of alkyl carbamates (subject to hydrolysis) is 1. The van der Waals surface area contributed by atoms with Crippen molar-refractivity contribution in [2.24, 2.45) is 5.92 Å². The Morgan fingerprint density at radius 3 is 2.43 bits per heavy atom. The molecule has 2 aliphatic rings. The van der Waals surface area contributed by atoms with Gasteiger partial charge in [0.1, 0.15) is 6.10 Å². The average molecular weight is 197 g/mol. The minimum Gasteiger partial charge on any atom is -0.443 e. The summed E-state index contributed by atoms with van der Waals surface area (Å²) in [6, 6.07) is 0. The third kappa shape index (κ3) is 1.72. The normalized spacial score (nSPS) is 32.4. The van der Waals surface area contributed by atoms with Crippen LogP contribution in [-0.4, -0.2) is 17.7 Å². The molecule has 1 saturated heterocycles. The average Bonchev–Trinajstić information content (AvgIpc) is 2.41. The van der Waals surface area contributed by atoms with Gasteiger partial charge in [-0.1, -0.05) is 19.3 Å². The van der Waals surface area contributed by atoms with Gasteiger partial charge in [-0.15, -0.1) is 0 Å². The van der Waals surface area contributed by atoms with Crippen LogP contribution >= 0.6 is 0 Å². The zero-order valence-corrected chi connectivity index (χ0v) is 9.01. The smallest absolute Gasteiger partial charge is 0.408 e. The monoisotopic (exact) mass is 197 g/mol. The fraction of sp³-hybridized carbons (Fsp3) is 0.909. The molecular weight excluding hydrogens is 178 g/mol. The van der Waals surface area contributed by atoms with E-state index in [0.29, 0.717) is 5.92 Å². The van der Waals surface area contributed by atoms with Gasteiger partial charge in [0, 0.05) is 0 Å². The summed E-state index contributed by atoms with van der Waals surface area (Å²) in [5.74, 6) is 0.567. The Labute approximate surface area is 85.2 Å². The predicted octanol–water partition coefficient (Wildman–Crippen LogP) is 2.45. The molecule has 80 valence electrons. The Balaban J connectivity index is 2.05. The van der Waals surface area contributed by atoms with Gasteiger partial charge < -0.3 is 10.1 Å². The lowest BCUT2D eigenvalue weighted by Gasteiger charge is -2.33. The Morgan fingerprint density at radius 1 is 1.29 bits per heavy atom. The highest BCUT2D eigenvalue weighted by Gasteiger charge is 2.45. The lowest BCUT2D eigenvalue weighted by Crippen LogP contribution is -2.46. The van der Waals surface area contributed by atoms with Crippen molar-refractivity contribution in [1.29, 1.82) is 0 Å². The fourth-order valence-corrected chi connectivity index (χ4v) is 2.75. The Kier molecular flexibility index (Phi) is 2.41. The molecule has 0 spiro atoms. The molecule has 0 unspecified atom stereocenters. The standard InChI is InChI=1S/C11H19NO2/c1-11(2)9(14-10(13)12-11)8-6-4-3-5-7-8/h8-9H,3-7H2,1-2H3,(H,12,13)/t9-/m1/s1. The second-order valence-electron chi connectivity index (χ2n) is 5.07. The van der Waals surface area contributed by atoms with E-state index in [0.717, 1.165) is 0 Å². The van der Waals surface area contributed by atoms with Gasteiger partial charge in [-0.2, -0.15) is 0 Å². The summed E-state index contributed by atoms with van der Waals surface area (Å²) in [5.41, 5.74) is -0.181. The minimum atomic E-state index is -0.245. The third-order valence-electron chi connectivity index (χ3n) is 3.45. The molecule has 1 aliphatic heterocycles. The van der Waals surface area contributed by atoms with E-state index >= 15 is 0 Å². The molecule has 3 heteroatoms. The van der Waals surface area contributed by atoms with Crippen molar-refractivity contribution in [2.75, 3.05) is 0 Å².